The third kappa shape index (κ3) is 1.53. The smallest absolute Gasteiger partial charge is 0.127 e. The van der Waals surface area contributed by atoms with Gasteiger partial charge in [0.25, 0.3) is 0 Å². The SMILES string of the molecule is Fc1cccc2c1Cc1ccccc1CC2. The molecule has 0 aromatic heterocycles. The van der Waals surface area contributed by atoms with Crippen LogP contribution in [0, 0.1) is 5.82 Å². The van der Waals surface area contributed by atoms with Gasteiger partial charge in [0.15, 0.2) is 0 Å². The molecule has 0 unspecified atom stereocenters. The summed E-state index contributed by atoms with van der Waals surface area (Å²) in [6.45, 7) is 0. The molecule has 1 heteroatoms. The Hall–Kier alpha value is -1.63. The third-order valence-corrected chi connectivity index (χ3v) is 3.37. The van der Waals surface area contributed by atoms with Crippen LogP contribution in [0.15, 0.2) is 42.5 Å². The van der Waals surface area contributed by atoms with Crippen LogP contribution in [-0.2, 0) is 19.3 Å². The number of halogens is 1. The van der Waals surface area contributed by atoms with E-state index in [4.69, 9.17) is 0 Å². The van der Waals surface area contributed by atoms with E-state index in [2.05, 4.69) is 18.2 Å². The minimum atomic E-state index is -0.0609. The largest absolute Gasteiger partial charge is 0.207 e. The molecule has 0 spiro atoms. The fourth-order valence-electron chi connectivity index (χ4n) is 2.47. The normalized spacial score (nSPS) is 13.8. The average Bonchev–Trinajstić information content (AvgIpc) is 2.50. The van der Waals surface area contributed by atoms with Crippen LogP contribution in [0.1, 0.15) is 22.3 Å². The van der Waals surface area contributed by atoms with E-state index >= 15 is 0 Å². The maximum Gasteiger partial charge on any atom is 0.127 e. The quantitative estimate of drug-likeness (QED) is 0.627. The van der Waals surface area contributed by atoms with E-state index < -0.39 is 0 Å². The van der Waals surface area contributed by atoms with Gasteiger partial charge in [-0.2, -0.15) is 0 Å². The summed E-state index contributed by atoms with van der Waals surface area (Å²) in [4.78, 5) is 0. The Labute approximate surface area is 94.7 Å². The van der Waals surface area contributed by atoms with Crippen molar-refractivity contribution in [3.8, 4) is 0 Å². The molecule has 2 aromatic carbocycles. The molecule has 1 aliphatic rings. The summed E-state index contributed by atoms with van der Waals surface area (Å²) in [5.41, 5.74) is 4.67. The van der Waals surface area contributed by atoms with E-state index in [1.54, 1.807) is 6.07 Å². The van der Waals surface area contributed by atoms with Crippen molar-refractivity contribution < 1.29 is 4.39 Å². The molecule has 0 nitrogen and oxygen atoms in total. The summed E-state index contributed by atoms with van der Waals surface area (Å²) in [5, 5.41) is 0. The molecule has 0 fully saturated rings. The van der Waals surface area contributed by atoms with E-state index in [-0.39, 0.29) is 5.82 Å². The van der Waals surface area contributed by atoms with Crippen LogP contribution < -0.4 is 0 Å². The molecule has 0 aliphatic heterocycles. The zero-order valence-electron chi connectivity index (χ0n) is 9.04. The van der Waals surface area contributed by atoms with Crippen molar-refractivity contribution in [2.24, 2.45) is 0 Å². The van der Waals surface area contributed by atoms with Gasteiger partial charge in [0, 0.05) is 6.42 Å². The summed E-state index contributed by atoms with van der Waals surface area (Å²) in [6.07, 6.45) is 2.70. The maximum atomic E-state index is 13.7. The molecule has 0 amide bonds. The molecule has 1 aliphatic carbocycles. The van der Waals surface area contributed by atoms with Crippen LogP contribution in [0.4, 0.5) is 4.39 Å². The van der Waals surface area contributed by atoms with Crippen LogP contribution in [0.25, 0.3) is 0 Å². The molecule has 80 valence electrons. The number of aryl methyl sites for hydroxylation is 2. The summed E-state index contributed by atoms with van der Waals surface area (Å²) in [5.74, 6) is -0.0609. The van der Waals surface area contributed by atoms with Gasteiger partial charge in [0.1, 0.15) is 5.82 Å². The minimum Gasteiger partial charge on any atom is -0.207 e. The molecular formula is C15H13F. The second kappa shape index (κ2) is 3.75. The minimum absolute atomic E-state index is 0.0609. The lowest BCUT2D eigenvalue weighted by atomic mass is 10.0. The Morgan fingerprint density at radius 2 is 1.44 bits per heavy atom. The molecule has 3 rings (SSSR count). The number of hydrogen-bond donors (Lipinski definition) is 0. The fourth-order valence-corrected chi connectivity index (χ4v) is 2.47. The zero-order chi connectivity index (χ0) is 11.0. The number of benzene rings is 2. The van der Waals surface area contributed by atoms with Crippen LogP contribution in [0.3, 0.4) is 0 Å². The Kier molecular flexibility index (Phi) is 2.24. The van der Waals surface area contributed by atoms with Gasteiger partial charge in [-0.05, 0) is 41.2 Å². The van der Waals surface area contributed by atoms with Crippen LogP contribution in [0.5, 0.6) is 0 Å². The van der Waals surface area contributed by atoms with Gasteiger partial charge in [-0.25, -0.2) is 4.39 Å². The van der Waals surface area contributed by atoms with Gasteiger partial charge in [0.2, 0.25) is 0 Å². The fraction of sp³-hybridized carbons (Fsp3) is 0.200. The molecule has 0 N–H and O–H groups in total. The van der Waals surface area contributed by atoms with Gasteiger partial charge in [-0.1, -0.05) is 36.4 Å². The Balaban J connectivity index is 2.13. The Morgan fingerprint density at radius 1 is 0.750 bits per heavy atom. The highest BCUT2D eigenvalue weighted by Crippen LogP contribution is 2.25. The molecule has 16 heavy (non-hydrogen) atoms. The summed E-state index contributed by atoms with van der Waals surface area (Å²) in [7, 11) is 0. The number of hydrogen-bond acceptors (Lipinski definition) is 0. The molecule has 0 radical (unpaired) electrons. The second-order valence-electron chi connectivity index (χ2n) is 4.32. The monoisotopic (exact) mass is 212 g/mol. The highest BCUT2D eigenvalue weighted by Gasteiger charge is 2.15. The van der Waals surface area contributed by atoms with E-state index in [1.807, 2.05) is 18.2 Å². The lowest BCUT2D eigenvalue weighted by molar-refractivity contribution is 0.611. The first-order valence-corrected chi connectivity index (χ1v) is 5.67. The van der Waals surface area contributed by atoms with Crippen LogP contribution in [-0.4, -0.2) is 0 Å². The maximum absolute atomic E-state index is 13.7. The highest BCUT2D eigenvalue weighted by atomic mass is 19.1. The highest BCUT2D eigenvalue weighted by molar-refractivity contribution is 5.40. The molecule has 0 atom stereocenters. The molecule has 0 saturated carbocycles. The summed E-state index contributed by atoms with van der Waals surface area (Å²) < 4.78 is 13.7. The van der Waals surface area contributed by atoms with Crippen molar-refractivity contribution in [1.82, 2.24) is 0 Å². The first-order chi connectivity index (χ1) is 7.84. The zero-order valence-corrected chi connectivity index (χ0v) is 9.04. The lowest BCUT2D eigenvalue weighted by Gasteiger charge is -2.06. The van der Waals surface area contributed by atoms with Gasteiger partial charge < -0.3 is 0 Å². The van der Waals surface area contributed by atoms with Gasteiger partial charge >= 0.3 is 0 Å². The van der Waals surface area contributed by atoms with Crippen molar-refractivity contribution in [3.05, 3.63) is 70.5 Å². The first-order valence-electron chi connectivity index (χ1n) is 5.67. The second-order valence-corrected chi connectivity index (χ2v) is 4.32. The average molecular weight is 212 g/mol. The molecule has 0 heterocycles. The molecule has 0 bridgehead atoms. The van der Waals surface area contributed by atoms with E-state index in [1.165, 1.54) is 11.1 Å². The van der Waals surface area contributed by atoms with Crippen molar-refractivity contribution in [2.75, 3.05) is 0 Å². The Bertz CT molecular complexity index is 529. The lowest BCUT2D eigenvalue weighted by Crippen LogP contribution is -1.96. The van der Waals surface area contributed by atoms with Gasteiger partial charge in [-0.15, -0.1) is 0 Å². The van der Waals surface area contributed by atoms with E-state index in [0.717, 1.165) is 30.4 Å². The van der Waals surface area contributed by atoms with Gasteiger partial charge in [0.05, 0.1) is 0 Å². The van der Waals surface area contributed by atoms with Crippen molar-refractivity contribution >= 4 is 0 Å². The molecule has 2 aromatic rings. The third-order valence-electron chi connectivity index (χ3n) is 3.37. The predicted molar refractivity (Wildman–Crippen MR) is 63.1 cm³/mol. The summed E-state index contributed by atoms with van der Waals surface area (Å²) >= 11 is 0. The number of rotatable bonds is 0. The molecular weight excluding hydrogens is 199 g/mol. The summed E-state index contributed by atoms with van der Waals surface area (Å²) in [6, 6.07) is 13.8. The van der Waals surface area contributed by atoms with E-state index in [0.29, 0.717) is 0 Å². The number of fused-ring (bicyclic) bond motifs is 2. The van der Waals surface area contributed by atoms with Crippen LogP contribution >= 0.6 is 0 Å². The van der Waals surface area contributed by atoms with Crippen molar-refractivity contribution in [2.45, 2.75) is 19.3 Å². The standard InChI is InChI=1S/C15H13F/c16-15-7-3-6-12-9-8-11-4-1-2-5-13(11)10-14(12)15/h1-7H,8-10H2. The first kappa shape index (κ1) is 9.59. The van der Waals surface area contributed by atoms with Crippen molar-refractivity contribution in [3.63, 3.8) is 0 Å². The van der Waals surface area contributed by atoms with E-state index in [9.17, 15) is 4.39 Å². The Morgan fingerprint density at radius 3 is 2.31 bits per heavy atom. The van der Waals surface area contributed by atoms with Crippen LogP contribution in [0.2, 0.25) is 0 Å². The predicted octanol–water partition coefficient (Wildman–Crippen LogP) is 3.52. The van der Waals surface area contributed by atoms with Crippen molar-refractivity contribution in [1.29, 1.82) is 0 Å². The topological polar surface area (TPSA) is 0 Å². The molecule has 0 saturated heterocycles. The van der Waals surface area contributed by atoms with Gasteiger partial charge in [-0.3, -0.25) is 0 Å².